The Hall–Kier alpha value is -1.92. The van der Waals surface area contributed by atoms with Crippen LogP contribution in [0, 0.1) is 0 Å². The van der Waals surface area contributed by atoms with Crippen LogP contribution in [0.1, 0.15) is 22.2 Å². The first-order valence-electron chi connectivity index (χ1n) is 6.34. The smallest absolute Gasteiger partial charge is 0.346 e. The lowest BCUT2D eigenvalue weighted by atomic mass is 10.1. The molecule has 0 saturated heterocycles. The summed E-state index contributed by atoms with van der Waals surface area (Å²) in [4.78, 5) is 23.0. The van der Waals surface area contributed by atoms with Gasteiger partial charge < -0.3 is 15.7 Å². The third kappa shape index (κ3) is 3.15. The van der Waals surface area contributed by atoms with Gasteiger partial charge in [-0.3, -0.25) is 4.79 Å². The van der Waals surface area contributed by atoms with Gasteiger partial charge in [0.25, 0.3) is 0 Å². The number of likely N-dealkylation sites (N-methyl/N-ethyl adjacent to an activating group) is 1. The molecular formula is C14H16N2O3S. The first kappa shape index (κ1) is 14.5. The lowest BCUT2D eigenvalue weighted by Gasteiger charge is -2.05. The molecule has 0 radical (unpaired) electrons. The summed E-state index contributed by atoms with van der Waals surface area (Å²) in [6.07, 6.45) is 0. The van der Waals surface area contributed by atoms with Crippen LogP contribution < -0.4 is 10.6 Å². The van der Waals surface area contributed by atoms with Crippen LogP contribution >= 0.6 is 11.3 Å². The number of benzene rings is 1. The number of nitrogens with one attached hydrogen (secondary N) is 2. The lowest BCUT2D eigenvalue weighted by Crippen LogP contribution is -2.33. The van der Waals surface area contributed by atoms with Crippen LogP contribution in [0.15, 0.2) is 24.3 Å². The minimum absolute atomic E-state index is 0.0936. The number of hydrogen-bond acceptors (Lipinski definition) is 4. The second-order valence-electron chi connectivity index (χ2n) is 4.27. The Bertz CT molecular complexity index is 636. The number of carbonyl (C=O) groups is 2. The third-order valence-corrected chi connectivity index (χ3v) is 4.05. The van der Waals surface area contributed by atoms with Crippen LogP contribution in [-0.2, 0) is 11.3 Å². The quantitative estimate of drug-likeness (QED) is 0.759. The molecule has 20 heavy (non-hydrogen) atoms. The molecular weight excluding hydrogens is 276 g/mol. The average molecular weight is 292 g/mol. The van der Waals surface area contributed by atoms with E-state index in [1.165, 1.54) is 11.3 Å². The Kier molecular flexibility index (Phi) is 4.70. The van der Waals surface area contributed by atoms with Crippen molar-refractivity contribution in [2.45, 2.75) is 13.5 Å². The van der Waals surface area contributed by atoms with E-state index in [0.717, 1.165) is 15.6 Å². The maximum absolute atomic E-state index is 11.4. The molecule has 1 aromatic carbocycles. The van der Waals surface area contributed by atoms with Gasteiger partial charge in [-0.25, -0.2) is 4.79 Å². The minimum Gasteiger partial charge on any atom is -0.477 e. The van der Waals surface area contributed by atoms with Gasteiger partial charge in [0.2, 0.25) is 5.91 Å². The standard InChI is InChI=1S/C14H16N2O3S/c1-2-16-12(17)8-15-7-10-9-5-3-4-6-11(9)20-13(10)14(18)19/h3-6,15H,2,7-8H2,1H3,(H,16,17)(H,18,19). The SMILES string of the molecule is CCNC(=O)CNCc1c(C(=O)O)sc2ccccc12. The van der Waals surface area contributed by atoms with Gasteiger partial charge in [-0.05, 0) is 23.9 Å². The molecule has 2 rings (SSSR count). The Morgan fingerprint density at radius 1 is 1.30 bits per heavy atom. The average Bonchev–Trinajstić information content (AvgIpc) is 2.78. The summed E-state index contributed by atoms with van der Waals surface area (Å²) >= 11 is 1.26. The van der Waals surface area contributed by atoms with Crippen LogP contribution in [0.3, 0.4) is 0 Å². The van der Waals surface area contributed by atoms with Gasteiger partial charge in [0.1, 0.15) is 4.88 Å². The zero-order valence-electron chi connectivity index (χ0n) is 11.1. The normalized spacial score (nSPS) is 10.7. The summed E-state index contributed by atoms with van der Waals surface area (Å²) in [6, 6.07) is 7.57. The molecule has 0 atom stereocenters. The van der Waals surface area contributed by atoms with Crippen molar-refractivity contribution in [1.82, 2.24) is 10.6 Å². The molecule has 0 bridgehead atoms. The van der Waals surface area contributed by atoms with Crippen molar-refractivity contribution in [3.63, 3.8) is 0 Å². The molecule has 0 aliphatic heterocycles. The molecule has 6 heteroatoms. The topological polar surface area (TPSA) is 78.4 Å². The van der Waals surface area contributed by atoms with Gasteiger partial charge in [-0.2, -0.15) is 0 Å². The van der Waals surface area contributed by atoms with E-state index in [4.69, 9.17) is 0 Å². The summed E-state index contributed by atoms with van der Waals surface area (Å²) in [5, 5.41) is 15.9. The Morgan fingerprint density at radius 2 is 2.05 bits per heavy atom. The summed E-state index contributed by atoms with van der Waals surface area (Å²) in [7, 11) is 0. The van der Waals surface area contributed by atoms with Gasteiger partial charge in [0.05, 0.1) is 6.54 Å². The summed E-state index contributed by atoms with van der Waals surface area (Å²) in [6.45, 7) is 2.98. The zero-order valence-corrected chi connectivity index (χ0v) is 11.9. The first-order chi connectivity index (χ1) is 9.63. The molecule has 3 N–H and O–H groups in total. The van der Waals surface area contributed by atoms with Crippen molar-refractivity contribution in [1.29, 1.82) is 0 Å². The van der Waals surface area contributed by atoms with E-state index in [9.17, 15) is 14.7 Å². The van der Waals surface area contributed by atoms with E-state index < -0.39 is 5.97 Å². The fraction of sp³-hybridized carbons (Fsp3) is 0.286. The van der Waals surface area contributed by atoms with Crippen LogP contribution in [0.2, 0.25) is 0 Å². The van der Waals surface area contributed by atoms with Crippen molar-refractivity contribution in [3.05, 3.63) is 34.7 Å². The highest BCUT2D eigenvalue weighted by molar-refractivity contribution is 7.21. The minimum atomic E-state index is -0.930. The van der Waals surface area contributed by atoms with E-state index in [1.54, 1.807) is 0 Å². The number of carboxylic acid groups (broad SMARTS) is 1. The Morgan fingerprint density at radius 3 is 2.75 bits per heavy atom. The number of carboxylic acids is 1. The van der Waals surface area contributed by atoms with Gasteiger partial charge in [-0.1, -0.05) is 18.2 Å². The molecule has 0 aliphatic rings. The number of rotatable bonds is 6. The number of thiophene rings is 1. The fourth-order valence-corrected chi connectivity index (χ4v) is 3.07. The lowest BCUT2D eigenvalue weighted by molar-refractivity contribution is -0.120. The van der Waals surface area contributed by atoms with Crippen molar-refractivity contribution < 1.29 is 14.7 Å². The first-order valence-corrected chi connectivity index (χ1v) is 7.16. The zero-order chi connectivity index (χ0) is 14.5. The van der Waals surface area contributed by atoms with E-state index >= 15 is 0 Å². The highest BCUT2D eigenvalue weighted by Crippen LogP contribution is 2.31. The van der Waals surface area contributed by atoms with Gasteiger partial charge >= 0.3 is 5.97 Å². The largest absolute Gasteiger partial charge is 0.477 e. The molecule has 1 aromatic heterocycles. The molecule has 0 fully saturated rings. The molecule has 0 aliphatic carbocycles. The number of fused-ring (bicyclic) bond motifs is 1. The molecule has 1 amide bonds. The van der Waals surface area contributed by atoms with Gasteiger partial charge in [0, 0.05) is 17.8 Å². The van der Waals surface area contributed by atoms with Crippen molar-refractivity contribution in [2.75, 3.05) is 13.1 Å². The van der Waals surface area contributed by atoms with Crippen molar-refractivity contribution in [3.8, 4) is 0 Å². The molecule has 2 aromatic rings. The predicted molar refractivity (Wildman–Crippen MR) is 79.2 cm³/mol. The predicted octanol–water partition coefficient (Wildman–Crippen LogP) is 1.83. The van der Waals surface area contributed by atoms with Gasteiger partial charge in [0.15, 0.2) is 0 Å². The maximum Gasteiger partial charge on any atom is 0.346 e. The van der Waals surface area contributed by atoms with E-state index in [0.29, 0.717) is 18.0 Å². The van der Waals surface area contributed by atoms with Crippen molar-refractivity contribution in [2.24, 2.45) is 0 Å². The second kappa shape index (κ2) is 6.49. The van der Waals surface area contributed by atoms with Crippen LogP contribution in [0.25, 0.3) is 10.1 Å². The molecule has 0 spiro atoms. The van der Waals surface area contributed by atoms with Crippen LogP contribution in [0.5, 0.6) is 0 Å². The van der Waals surface area contributed by atoms with Crippen molar-refractivity contribution >= 4 is 33.3 Å². The molecule has 106 valence electrons. The highest BCUT2D eigenvalue weighted by atomic mass is 32.1. The third-order valence-electron chi connectivity index (χ3n) is 2.85. The number of hydrogen-bond donors (Lipinski definition) is 3. The summed E-state index contributed by atoms with van der Waals surface area (Å²) in [5.41, 5.74) is 0.738. The second-order valence-corrected chi connectivity index (χ2v) is 5.32. The van der Waals surface area contributed by atoms with Crippen LogP contribution in [-0.4, -0.2) is 30.1 Å². The van der Waals surface area contributed by atoms with Crippen LogP contribution in [0.4, 0.5) is 0 Å². The summed E-state index contributed by atoms with van der Waals surface area (Å²) in [5.74, 6) is -1.02. The molecule has 1 heterocycles. The molecule has 0 saturated carbocycles. The molecule has 5 nitrogen and oxygen atoms in total. The monoisotopic (exact) mass is 292 g/mol. The maximum atomic E-state index is 11.4. The van der Waals surface area contributed by atoms with E-state index in [1.807, 2.05) is 31.2 Å². The Labute approximate surface area is 120 Å². The fourth-order valence-electron chi connectivity index (χ4n) is 2.01. The number of aromatic carboxylic acids is 1. The van der Waals surface area contributed by atoms with E-state index in [-0.39, 0.29) is 12.5 Å². The molecule has 0 unspecified atom stereocenters. The highest BCUT2D eigenvalue weighted by Gasteiger charge is 2.17. The number of carbonyl (C=O) groups excluding carboxylic acids is 1. The van der Waals surface area contributed by atoms with E-state index in [2.05, 4.69) is 10.6 Å². The Balaban J connectivity index is 2.17. The van der Waals surface area contributed by atoms with Gasteiger partial charge in [-0.15, -0.1) is 11.3 Å². The summed E-state index contributed by atoms with van der Waals surface area (Å²) < 4.78 is 0.944. The number of amides is 1.